The number of rotatable bonds is 4. The first-order chi connectivity index (χ1) is 12.1. The van der Waals surface area contributed by atoms with E-state index >= 15 is 0 Å². The number of anilines is 2. The summed E-state index contributed by atoms with van der Waals surface area (Å²) in [5.74, 6) is 0.977. The van der Waals surface area contributed by atoms with Crippen molar-refractivity contribution in [1.82, 2.24) is 5.32 Å². The average molecular weight is 341 g/mol. The number of benzene rings is 2. The zero-order valence-corrected chi connectivity index (χ0v) is 14.0. The minimum absolute atomic E-state index is 0.120. The van der Waals surface area contributed by atoms with Gasteiger partial charge in [-0.3, -0.25) is 4.79 Å². The Balaban J connectivity index is 1.71. The number of urea groups is 1. The standard InChI is InChI=1S/C18H19N3O4/c1-24-15-6-5-13(10-16(15)25-2)21-18(23)20-12-4-3-11-7-8-19-17(22)14(11)9-12/h3-6,9-10H,7-8H2,1-2H3,(H,19,22)(H2,20,21,23). The third-order valence-electron chi connectivity index (χ3n) is 3.93. The van der Waals surface area contributed by atoms with Crippen LogP contribution in [0.5, 0.6) is 11.5 Å². The molecule has 0 unspecified atom stereocenters. The van der Waals surface area contributed by atoms with Gasteiger partial charge in [0, 0.05) is 29.5 Å². The van der Waals surface area contributed by atoms with Gasteiger partial charge in [-0.05, 0) is 36.2 Å². The summed E-state index contributed by atoms with van der Waals surface area (Å²) in [6, 6.07) is 9.99. The number of carbonyl (C=O) groups excluding carboxylic acids is 2. The van der Waals surface area contributed by atoms with Crippen LogP contribution in [0.3, 0.4) is 0 Å². The molecule has 0 saturated heterocycles. The van der Waals surface area contributed by atoms with Crippen molar-refractivity contribution in [2.45, 2.75) is 6.42 Å². The molecule has 0 saturated carbocycles. The highest BCUT2D eigenvalue weighted by atomic mass is 16.5. The summed E-state index contributed by atoms with van der Waals surface area (Å²) in [7, 11) is 3.07. The van der Waals surface area contributed by atoms with Gasteiger partial charge >= 0.3 is 6.03 Å². The van der Waals surface area contributed by atoms with Crippen LogP contribution in [-0.2, 0) is 6.42 Å². The van der Waals surface area contributed by atoms with Crippen LogP contribution in [0.15, 0.2) is 36.4 Å². The van der Waals surface area contributed by atoms with Crippen molar-refractivity contribution in [2.75, 3.05) is 31.4 Å². The Morgan fingerprint density at radius 1 is 1.00 bits per heavy atom. The molecule has 0 aromatic heterocycles. The molecule has 0 radical (unpaired) electrons. The highest BCUT2D eigenvalue weighted by Crippen LogP contribution is 2.29. The number of nitrogens with one attached hydrogen (secondary N) is 3. The highest BCUT2D eigenvalue weighted by Gasteiger charge is 2.17. The van der Waals surface area contributed by atoms with Crippen molar-refractivity contribution in [1.29, 1.82) is 0 Å². The molecule has 130 valence electrons. The number of hydrogen-bond donors (Lipinski definition) is 3. The summed E-state index contributed by atoms with van der Waals surface area (Å²) in [5, 5.41) is 8.24. The van der Waals surface area contributed by atoms with E-state index in [-0.39, 0.29) is 5.91 Å². The first kappa shape index (κ1) is 16.6. The maximum Gasteiger partial charge on any atom is 0.323 e. The maximum atomic E-state index is 12.2. The van der Waals surface area contributed by atoms with E-state index in [1.54, 1.807) is 37.4 Å². The summed E-state index contributed by atoms with van der Waals surface area (Å²) >= 11 is 0. The van der Waals surface area contributed by atoms with Gasteiger partial charge in [0.15, 0.2) is 11.5 Å². The van der Waals surface area contributed by atoms with E-state index in [0.717, 1.165) is 12.0 Å². The fourth-order valence-corrected chi connectivity index (χ4v) is 2.70. The van der Waals surface area contributed by atoms with Crippen molar-refractivity contribution in [3.8, 4) is 11.5 Å². The van der Waals surface area contributed by atoms with Gasteiger partial charge in [0.05, 0.1) is 14.2 Å². The Morgan fingerprint density at radius 2 is 1.68 bits per heavy atom. The largest absolute Gasteiger partial charge is 0.493 e. The van der Waals surface area contributed by atoms with Crippen molar-refractivity contribution >= 4 is 23.3 Å². The first-order valence-electron chi connectivity index (χ1n) is 7.82. The minimum Gasteiger partial charge on any atom is -0.493 e. The zero-order chi connectivity index (χ0) is 17.8. The van der Waals surface area contributed by atoms with Crippen LogP contribution < -0.4 is 25.4 Å². The predicted octanol–water partition coefficient (Wildman–Crippen LogP) is 2.63. The van der Waals surface area contributed by atoms with Gasteiger partial charge in [-0.15, -0.1) is 0 Å². The SMILES string of the molecule is COc1ccc(NC(=O)Nc2ccc3c(c2)C(=O)NCC3)cc1OC. The van der Waals surface area contributed by atoms with Crippen LogP contribution in [-0.4, -0.2) is 32.7 Å². The molecule has 0 bridgehead atoms. The van der Waals surface area contributed by atoms with E-state index in [0.29, 0.717) is 35.0 Å². The molecular formula is C18H19N3O4. The smallest absolute Gasteiger partial charge is 0.323 e. The summed E-state index contributed by atoms with van der Waals surface area (Å²) < 4.78 is 10.4. The van der Waals surface area contributed by atoms with Gasteiger partial charge in [0.2, 0.25) is 0 Å². The first-order valence-corrected chi connectivity index (χ1v) is 7.82. The quantitative estimate of drug-likeness (QED) is 0.798. The van der Waals surface area contributed by atoms with Crippen molar-refractivity contribution < 1.29 is 19.1 Å². The molecule has 1 heterocycles. The van der Waals surface area contributed by atoms with E-state index in [1.807, 2.05) is 6.07 Å². The number of hydrogen-bond acceptors (Lipinski definition) is 4. The molecule has 0 aliphatic carbocycles. The van der Waals surface area contributed by atoms with Crippen LogP contribution >= 0.6 is 0 Å². The monoisotopic (exact) mass is 341 g/mol. The van der Waals surface area contributed by atoms with Crippen LogP contribution in [0.2, 0.25) is 0 Å². The van der Waals surface area contributed by atoms with Gasteiger partial charge in [-0.25, -0.2) is 4.79 Å². The van der Waals surface area contributed by atoms with E-state index in [2.05, 4.69) is 16.0 Å². The molecule has 1 aliphatic rings. The lowest BCUT2D eigenvalue weighted by Crippen LogP contribution is -2.32. The molecule has 7 heteroatoms. The third-order valence-corrected chi connectivity index (χ3v) is 3.93. The van der Waals surface area contributed by atoms with Crippen LogP contribution in [0.25, 0.3) is 0 Å². The third kappa shape index (κ3) is 3.65. The Morgan fingerprint density at radius 3 is 2.40 bits per heavy atom. The van der Waals surface area contributed by atoms with Gasteiger partial charge in [0.25, 0.3) is 5.91 Å². The highest BCUT2D eigenvalue weighted by molar-refractivity contribution is 6.02. The summed E-state index contributed by atoms with van der Waals surface area (Å²) in [4.78, 5) is 24.1. The second-order valence-electron chi connectivity index (χ2n) is 5.53. The summed E-state index contributed by atoms with van der Waals surface area (Å²) in [5.41, 5.74) is 2.68. The fraction of sp³-hybridized carbons (Fsp3) is 0.222. The lowest BCUT2D eigenvalue weighted by Gasteiger charge is -2.17. The average Bonchev–Trinajstić information content (AvgIpc) is 2.62. The Hall–Kier alpha value is -3.22. The molecule has 0 spiro atoms. The van der Waals surface area contributed by atoms with E-state index in [4.69, 9.17) is 9.47 Å². The molecule has 7 nitrogen and oxygen atoms in total. The predicted molar refractivity (Wildman–Crippen MR) is 94.7 cm³/mol. The molecular weight excluding hydrogens is 322 g/mol. The molecule has 0 atom stereocenters. The van der Waals surface area contributed by atoms with Crippen LogP contribution in [0.1, 0.15) is 15.9 Å². The van der Waals surface area contributed by atoms with Crippen molar-refractivity contribution in [2.24, 2.45) is 0 Å². The number of carbonyl (C=O) groups is 2. The normalized spacial score (nSPS) is 12.6. The molecule has 25 heavy (non-hydrogen) atoms. The Bertz CT molecular complexity index is 820. The van der Waals surface area contributed by atoms with Crippen molar-refractivity contribution in [3.05, 3.63) is 47.5 Å². The topological polar surface area (TPSA) is 88.7 Å². The molecule has 0 fully saturated rings. The van der Waals surface area contributed by atoms with Gasteiger partial charge in [0.1, 0.15) is 0 Å². The van der Waals surface area contributed by atoms with Gasteiger partial charge in [-0.1, -0.05) is 6.07 Å². The summed E-state index contributed by atoms with van der Waals surface area (Å²) in [6.07, 6.45) is 0.791. The van der Waals surface area contributed by atoms with Gasteiger partial charge in [-0.2, -0.15) is 0 Å². The van der Waals surface area contributed by atoms with Crippen LogP contribution in [0, 0.1) is 0 Å². The number of amides is 3. The van der Waals surface area contributed by atoms with E-state index in [1.165, 1.54) is 7.11 Å². The molecule has 3 amide bonds. The van der Waals surface area contributed by atoms with Crippen molar-refractivity contribution in [3.63, 3.8) is 0 Å². The number of methoxy groups -OCH3 is 2. The number of ether oxygens (including phenoxy) is 2. The summed E-state index contributed by atoms with van der Waals surface area (Å²) in [6.45, 7) is 0.637. The molecule has 3 rings (SSSR count). The van der Waals surface area contributed by atoms with E-state index in [9.17, 15) is 9.59 Å². The molecule has 2 aromatic rings. The molecule has 3 N–H and O–H groups in total. The van der Waals surface area contributed by atoms with Crippen LogP contribution in [0.4, 0.5) is 16.2 Å². The number of fused-ring (bicyclic) bond motifs is 1. The second kappa shape index (κ2) is 7.12. The maximum absolute atomic E-state index is 12.2. The molecule has 2 aromatic carbocycles. The second-order valence-corrected chi connectivity index (χ2v) is 5.53. The Labute approximate surface area is 145 Å². The Kier molecular flexibility index (Phi) is 4.74. The molecule has 1 aliphatic heterocycles. The lowest BCUT2D eigenvalue weighted by atomic mass is 10.00. The fourth-order valence-electron chi connectivity index (χ4n) is 2.70. The van der Waals surface area contributed by atoms with E-state index < -0.39 is 6.03 Å². The zero-order valence-electron chi connectivity index (χ0n) is 14.0. The van der Waals surface area contributed by atoms with Gasteiger partial charge < -0.3 is 25.4 Å². The lowest BCUT2D eigenvalue weighted by molar-refractivity contribution is 0.0946. The minimum atomic E-state index is -0.414.